The summed E-state index contributed by atoms with van der Waals surface area (Å²) in [4.78, 5) is 62.6. The Morgan fingerprint density at radius 2 is 0.883 bits per heavy atom. The first-order valence-corrected chi connectivity index (χ1v) is 29.3. The van der Waals surface area contributed by atoms with E-state index in [1.165, 1.54) is 29.6 Å². The molecule has 5 heterocycles. The van der Waals surface area contributed by atoms with Crippen LogP contribution in [-0.4, -0.2) is 70.3 Å². The van der Waals surface area contributed by atoms with E-state index < -0.39 is 23.8 Å². The highest BCUT2D eigenvalue weighted by molar-refractivity contribution is 6.34. The van der Waals surface area contributed by atoms with Gasteiger partial charge in [0.1, 0.15) is 28.2 Å². The Hall–Kier alpha value is -11.5. The largest absolute Gasteiger partial charge is 0.495 e. The third-order valence-corrected chi connectivity index (χ3v) is 14.1. The third kappa shape index (κ3) is 20.8. The number of hydrogen-bond donors (Lipinski definition) is 3. The molecule has 5 aromatic heterocycles. The van der Waals surface area contributed by atoms with Gasteiger partial charge < -0.3 is 34.0 Å². The number of aromatic nitrogens is 5. The summed E-state index contributed by atoms with van der Waals surface area (Å²) in [5.41, 5.74) is 17.5. The summed E-state index contributed by atoms with van der Waals surface area (Å²) >= 11 is 5.97. The molecule has 0 saturated carbocycles. The number of rotatable bonds is 8. The molecule has 0 aliphatic heterocycles. The van der Waals surface area contributed by atoms with Crippen molar-refractivity contribution >= 4 is 89.5 Å². The van der Waals surface area contributed by atoms with Gasteiger partial charge in [-0.05, 0) is 142 Å². The summed E-state index contributed by atoms with van der Waals surface area (Å²) in [5, 5.41) is 19.5. The number of ether oxygens (including phenoxy) is 4. The van der Waals surface area contributed by atoms with Crippen LogP contribution >= 0.6 is 11.6 Å². The van der Waals surface area contributed by atoms with Gasteiger partial charge in [0, 0.05) is 66.5 Å². The molecule has 7 aromatic carbocycles. The Labute approximate surface area is 546 Å². The quantitative estimate of drug-likeness (QED) is 0.0423. The van der Waals surface area contributed by atoms with Crippen molar-refractivity contribution < 1.29 is 42.4 Å². The molecule has 17 nitrogen and oxygen atoms in total. The summed E-state index contributed by atoms with van der Waals surface area (Å²) in [6.45, 7) is 13.9. The smallest absolute Gasteiger partial charge is 0.328 e. The van der Waals surface area contributed by atoms with Gasteiger partial charge in [-0.3, -0.25) is 14.4 Å². The number of benzene rings is 7. The fraction of sp³-hybridized carbons (Fsp3) is 0.149. The first-order valence-electron chi connectivity index (χ1n) is 28.9. The van der Waals surface area contributed by atoms with Gasteiger partial charge in [-0.2, -0.15) is 8.78 Å². The van der Waals surface area contributed by atoms with Gasteiger partial charge in [-0.1, -0.05) is 148 Å². The van der Waals surface area contributed by atoms with Crippen LogP contribution < -0.4 is 30.1 Å². The molecule has 12 aromatic rings. The fourth-order valence-corrected chi connectivity index (χ4v) is 9.38. The number of halogens is 3. The van der Waals surface area contributed by atoms with Crippen LogP contribution in [0, 0.1) is 60.4 Å². The van der Waals surface area contributed by atoms with E-state index in [9.17, 15) is 28.0 Å². The Morgan fingerprint density at radius 1 is 0.489 bits per heavy atom. The molecule has 480 valence electrons. The summed E-state index contributed by atoms with van der Waals surface area (Å²) in [6.07, 6.45) is 13.3. The van der Waals surface area contributed by atoms with Crippen molar-refractivity contribution in [3.05, 3.63) is 287 Å². The SMILES string of the molecule is COc1c[nH]c(=O)c2ccc(C)cc12.COc1cnc(Cl)c2ccc(C)cc12.COc1cnc(F)c2ccc(C)cc12.COc1cnc(F)c2ccc(C)cc12.Cc1ccc2c(=O)[nH]ccc2c1.Cc1cccc(/C=C/C(=O)N=[N+]=[N-])c1.Cc1cccc(/C=C/C(=O)O)c1. The first kappa shape index (κ1) is 71.5. The number of carboxylic acids is 1. The molecule has 20 heteroatoms. The molecule has 0 saturated heterocycles. The number of aromatic amines is 2. The van der Waals surface area contributed by atoms with Gasteiger partial charge in [0.15, 0.2) is 0 Å². The number of pyridine rings is 5. The molecule has 0 atom stereocenters. The molecule has 1 amide bonds. The highest BCUT2D eigenvalue weighted by Gasteiger charge is 2.10. The number of carbonyl (C=O) groups is 2. The molecule has 0 fully saturated rings. The molecule has 0 radical (unpaired) electrons. The number of nitrogens with zero attached hydrogens (tertiary/aromatic N) is 6. The first-order chi connectivity index (χ1) is 45.1. The Bertz CT molecular complexity index is 4680. The third-order valence-electron chi connectivity index (χ3n) is 13.8. The van der Waals surface area contributed by atoms with E-state index in [4.69, 9.17) is 41.2 Å². The molecular formula is C74H69ClF2N8O9. The van der Waals surface area contributed by atoms with E-state index in [-0.39, 0.29) is 11.1 Å². The lowest BCUT2D eigenvalue weighted by Gasteiger charge is -2.06. The van der Waals surface area contributed by atoms with Gasteiger partial charge >= 0.3 is 5.97 Å². The fourth-order valence-electron chi connectivity index (χ4n) is 9.16. The molecule has 12 rings (SSSR count). The minimum absolute atomic E-state index is 0.0208. The predicted octanol–water partition coefficient (Wildman–Crippen LogP) is 17.2. The highest BCUT2D eigenvalue weighted by atomic mass is 35.5. The summed E-state index contributed by atoms with van der Waals surface area (Å²) in [7, 11) is 6.33. The molecule has 0 aliphatic carbocycles. The van der Waals surface area contributed by atoms with Crippen molar-refractivity contribution in [2.24, 2.45) is 5.11 Å². The van der Waals surface area contributed by atoms with E-state index in [0.29, 0.717) is 38.6 Å². The number of azide groups is 1. The number of fused-ring (bicyclic) bond motifs is 5. The maximum absolute atomic E-state index is 13.3. The van der Waals surface area contributed by atoms with Crippen LogP contribution in [-0.2, 0) is 9.59 Å². The zero-order chi connectivity index (χ0) is 68.4. The minimum Gasteiger partial charge on any atom is -0.495 e. The standard InChI is InChI=1S/C11H10ClNO.2C11H10FNO.C11H11NO2.C10H9N3O.C10H9NO.C10H10O2/c3*1-7-3-4-8-9(5-7)10(14-2)6-13-11(8)12;1-7-3-4-8-9(5-7)10(14-2)6-12-11(8)13;1-8-3-2-4-9(7-8)5-6-10(14)12-13-11;1-7-2-3-9-8(6-7)4-5-11-10(9)12;1-8-3-2-4-9(7-8)5-6-10(11)12/h3*3-6H,1-2H3;3-6H,1-2H3,(H,12,13);2-7H,1H3;2-6H,1H3,(H,11,12);2-7H,1H3,(H,11,12)/b;;;;6-5+;;6-5+. The van der Waals surface area contributed by atoms with Gasteiger partial charge in [0.2, 0.25) is 17.8 Å². The van der Waals surface area contributed by atoms with Crippen molar-refractivity contribution in [3.8, 4) is 23.0 Å². The molecule has 0 spiro atoms. The van der Waals surface area contributed by atoms with Crippen LogP contribution in [0.3, 0.4) is 0 Å². The Morgan fingerprint density at radius 3 is 1.34 bits per heavy atom. The molecule has 0 bridgehead atoms. The van der Waals surface area contributed by atoms with Crippen LogP contribution in [0.25, 0.3) is 76.5 Å². The van der Waals surface area contributed by atoms with E-state index in [0.717, 1.165) is 88.5 Å². The number of hydrogen-bond acceptors (Lipinski definition) is 11. The lowest BCUT2D eigenvalue weighted by Crippen LogP contribution is -2.05. The van der Waals surface area contributed by atoms with Crippen LogP contribution in [0.4, 0.5) is 8.78 Å². The van der Waals surface area contributed by atoms with Crippen molar-refractivity contribution in [1.82, 2.24) is 24.9 Å². The lowest BCUT2D eigenvalue weighted by atomic mass is 10.1. The number of methoxy groups -OCH3 is 4. The number of amides is 1. The van der Waals surface area contributed by atoms with Crippen molar-refractivity contribution in [1.29, 1.82) is 0 Å². The zero-order valence-electron chi connectivity index (χ0n) is 53.6. The Kier molecular flexibility index (Phi) is 26.8. The van der Waals surface area contributed by atoms with Crippen LogP contribution in [0.5, 0.6) is 23.0 Å². The van der Waals surface area contributed by atoms with Gasteiger partial charge in [-0.15, -0.1) is 0 Å². The second-order valence-corrected chi connectivity index (χ2v) is 21.4. The zero-order valence-corrected chi connectivity index (χ0v) is 54.3. The van der Waals surface area contributed by atoms with Gasteiger partial charge in [0.05, 0.1) is 52.4 Å². The van der Waals surface area contributed by atoms with Crippen LogP contribution in [0.15, 0.2) is 203 Å². The van der Waals surface area contributed by atoms with Gasteiger partial charge in [-0.25, -0.2) is 19.7 Å². The highest BCUT2D eigenvalue weighted by Crippen LogP contribution is 2.31. The molecule has 0 unspecified atom stereocenters. The normalized spacial score (nSPS) is 10.4. The summed E-state index contributed by atoms with van der Waals surface area (Å²) in [5.74, 6) is 0.235. The van der Waals surface area contributed by atoms with E-state index in [1.54, 1.807) is 71.3 Å². The molecule has 3 N–H and O–H groups in total. The Balaban J connectivity index is 0.000000174. The number of carbonyl (C=O) groups excluding carboxylic acids is 1. The maximum atomic E-state index is 13.3. The average molecular weight is 1290 g/mol. The minimum atomic E-state index is -0.920. The maximum Gasteiger partial charge on any atom is 0.328 e. The van der Waals surface area contributed by atoms with E-state index >= 15 is 0 Å². The predicted molar refractivity (Wildman–Crippen MR) is 371 cm³/mol. The monoisotopic (exact) mass is 1290 g/mol. The van der Waals surface area contributed by atoms with Crippen molar-refractivity contribution in [3.63, 3.8) is 0 Å². The number of aliphatic carboxylic acids is 1. The second-order valence-electron chi connectivity index (χ2n) is 21.0. The van der Waals surface area contributed by atoms with E-state index in [2.05, 4.69) is 34.9 Å². The topological polar surface area (TPSA) is 244 Å². The average Bonchev–Trinajstić information content (AvgIpc) is 0.844. The number of aryl methyl sites for hydroxylation is 7. The second kappa shape index (κ2) is 35.2. The van der Waals surface area contributed by atoms with Crippen molar-refractivity contribution in [2.45, 2.75) is 48.5 Å². The van der Waals surface area contributed by atoms with E-state index in [1.807, 2.05) is 182 Å². The molecular weight excluding hydrogens is 1220 g/mol. The summed E-state index contributed by atoms with van der Waals surface area (Å²) in [6, 6.07) is 45.6. The number of H-pyrrole nitrogens is 2. The molecule has 94 heavy (non-hydrogen) atoms. The van der Waals surface area contributed by atoms with Gasteiger partial charge in [0.25, 0.3) is 11.1 Å². The van der Waals surface area contributed by atoms with Crippen LogP contribution in [0.2, 0.25) is 5.15 Å². The lowest BCUT2D eigenvalue weighted by molar-refractivity contribution is -0.131. The molecule has 0 aliphatic rings. The number of nitrogens with one attached hydrogen (secondary N) is 2. The number of carboxylic acid groups (broad SMARTS) is 1. The summed E-state index contributed by atoms with van der Waals surface area (Å²) < 4.78 is 47.1. The van der Waals surface area contributed by atoms with Crippen LogP contribution in [0.1, 0.15) is 50.1 Å². The van der Waals surface area contributed by atoms with Crippen molar-refractivity contribution in [2.75, 3.05) is 28.4 Å².